The van der Waals surface area contributed by atoms with Crippen molar-refractivity contribution in [3.63, 3.8) is 0 Å². The van der Waals surface area contributed by atoms with Crippen LogP contribution in [0.1, 0.15) is 45.4 Å². The number of carbonyl (C=O) groups excluding carboxylic acids is 1. The molecule has 14 heavy (non-hydrogen) atoms. The second-order valence-electron chi connectivity index (χ2n) is 4.52. The van der Waals surface area contributed by atoms with Crippen molar-refractivity contribution in [3.8, 4) is 0 Å². The molecule has 1 saturated carbocycles. The van der Waals surface area contributed by atoms with Gasteiger partial charge in [-0.3, -0.25) is 4.79 Å². The molecule has 0 aromatic carbocycles. The van der Waals surface area contributed by atoms with Crippen LogP contribution in [0.2, 0.25) is 0 Å². The third-order valence-electron chi connectivity index (χ3n) is 3.11. The van der Waals surface area contributed by atoms with Gasteiger partial charge >= 0.3 is 0 Å². The van der Waals surface area contributed by atoms with E-state index in [0.29, 0.717) is 11.7 Å². The smallest absolute Gasteiger partial charge is 0.137 e. The molecule has 0 heterocycles. The second-order valence-corrected chi connectivity index (χ2v) is 4.52. The predicted molar refractivity (Wildman–Crippen MR) is 59.4 cm³/mol. The lowest BCUT2D eigenvalue weighted by atomic mass is 10.1. The van der Waals surface area contributed by atoms with Crippen molar-refractivity contribution in [1.29, 1.82) is 0 Å². The van der Waals surface area contributed by atoms with Crippen molar-refractivity contribution < 1.29 is 4.79 Å². The fourth-order valence-corrected chi connectivity index (χ4v) is 2.18. The van der Waals surface area contributed by atoms with Crippen LogP contribution in [0.15, 0.2) is 0 Å². The maximum Gasteiger partial charge on any atom is 0.137 e. The lowest BCUT2D eigenvalue weighted by molar-refractivity contribution is -0.121. The summed E-state index contributed by atoms with van der Waals surface area (Å²) in [6.07, 6.45) is 6.92. The van der Waals surface area contributed by atoms with E-state index >= 15 is 0 Å². The summed E-state index contributed by atoms with van der Waals surface area (Å²) in [7, 11) is 2.14. The summed E-state index contributed by atoms with van der Waals surface area (Å²) in [4.78, 5) is 13.7. The summed E-state index contributed by atoms with van der Waals surface area (Å²) >= 11 is 0. The summed E-state index contributed by atoms with van der Waals surface area (Å²) in [6, 6.07) is 0. The Morgan fingerprint density at radius 2 is 2.21 bits per heavy atom. The Bertz CT molecular complexity index is 179. The largest absolute Gasteiger partial charge is 0.306 e. The van der Waals surface area contributed by atoms with E-state index < -0.39 is 0 Å². The molecule has 0 aliphatic heterocycles. The molecule has 0 aromatic rings. The maximum absolute atomic E-state index is 11.4. The van der Waals surface area contributed by atoms with Crippen LogP contribution in [0, 0.1) is 5.92 Å². The fraction of sp³-hybridized carbons (Fsp3) is 0.917. The molecule has 0 amide bonds. The van der Waals surface area contributed by atoms with Crippen molar-refractivity contribution in [2.45, 2.75) is 45.4 Å². The molecule has 0 aromatic heterocycles. The zero-order valence-corrected chi connectivity index (χ0v) is 9.59. The lowest BCUT2D eigenvalue weighted by Gasteiger charge is -2.19. The van der Waals surface area contributed by atoms with E-state index in [9.17, 15) is 4.79 Å². The predicted octanol–water partition coefficient (Wildman–Crippen LogP) is 2.48. The SMILES string of the molecule is CCCCCN(C)CC1CCCC1=O. The highest BCUT2D eigenvalue weighted by molar-refractivity contribution is 5.83. The first-order valence-electron chi connectivity index (χ1n) is 5.95. The number of Topliss-reactive ketones (excluding diaryl/α,β-unsaturated/α-hetero) is 1. The number of unbranched alkanes of at least 4 members (excludes halogenated alkanes) is 2. The molecule has 0 N–H and O–H groups in total. The summed E-state index contributed by atoms with van der Waals surface area (Å²) in [5, 5.41) is 0. The van der Waals surface area contributed by atoms with E-state index in [-0.39, 0.29) is 0 Å². The zero-order valence-electron chi connectivity index (χ0n) is 9.59. The first-order valence-corrected chi connectivity index (χ1v) is 5.95. The van der Waals surface area contributed by atoms with Crippen LogP contribution in [0.5, 0.6) is 0 Å². The highest BCUT2D eigenvalue weighted by Gasteiger charge is 2.24. The molecule has 0 saturated heterocycles. The van der Waals surface area contributed by atoms with E-state index in [1.165, 1.54) is 19.3 Å². The Balaban J connectivity index is 2.12. The molecule has 1 unspecified atom stereocenters. The molecular formula is C12H23NO. The zero-order chi connectivity index (χ0) is 10.4. The summed E-state index contributed by atoms with van der Waals surface area (Å²) in [6.45, 7) is 4.36. The first-order chi connectivity index (χ1) is 6.74. The van der Waals surface area contributed by atoms with Gasteiger partial charge in [-0.1, -0.05) is 19.8 Å². The third-order valence-corrected chi connectivity index (χ3v) is 3.11. The minimum Gasteiger partial charge on any atom is -0.306 e. The van der Waals surface area contributed by atoms with Gasteiger partial charge in [-0.2, -0.15) is 0 Å². The van der Waals surface area contributed by atoms with Crippen molar-refractivity contribution in [1.82, 2.24) is 4.90 Å². The van der Waals surface area contributed by atoms with E-state index in [4.69, 9.17) is 0 Å². The molecule has 0 bridgehead atoms. The van der Waals surface area contributed by atoms with E-state index in [1.54, 1.807) is 0 Å². The highest BCUT2D eigenvalue weighted by Crippen LogP contribution is 2.21. The van der Waals surface area contributed by atoms with Gasteiger partial charge < -0.3 is 4.90 Å². The molecule has 2 heteroatoms. The Kier molecular flexibility index (Phi) is 5.16. The van der Waals surface area contributed by atoms with Crippen LogP contribution in [-0.2, 0) is 4.79 Å². The molecule has 82 valence electrons. The quantitative estimate of drug-likeness (QED) is 0.610. The molecule has 1 aliphatic carbocycles. The van der Waals surface area contributed by atoms with Gasteiger partial charge in [0.25, 0.3) is 0 Å². The van der Waals surface area contributed by atoms with Crippen molar-refractivity contribution in [3.05, 3.63) is 0 Å². The van der Waals surface area contributed by atoms with Gasteiger partial charge in [0.2, 0.25) is 0 Å². The molecule has 0 spiro atoms. The van der Waals surface area contributed by atoms with Crippen LogP contribution < -0.4 is 0 Å². The van der Waals surface area contributed by atoms with Gasteiger partial charge in [0.15, 0.2) is 0 Å². The van der Waals surface area contributed by atoms with E-state index in [0.717, 1.165) is 32.4 Å². The van der Waals surface area contributed by atoms with Crippen molar-refractivity contribution in [2.75, 3.05) is 20.1 Å². The molecule has 1 fully saturated rings. The Labute approximate surface area is 87.7 Å². The van der Waals surface area contributed by atoms with Gasteiger partial charge in [-0.05, 0) is 32.9 Å². The maximum atomic E-state index is 11.4. The van der Waals surface area contributed by atoms with Crippen LogP contribution in [0.3, 0.4) is 0 Å². The molecule has 0 radical (unpaired) electrons. The monoisotopic (exact) mass is 197 g/mol. The Morgan fingerprint density at radius 3 is 2.79 bits per heavy atom. The number of ketones is 1. The fourth-order valence-electron chi connectivity index (χ4n) is 2.18. The molecule has 1 rings (SSSR count). The average Bonchev–Trinajstić information content (AvgIpc) is 2.52. The number of hydrogen-bond acceptors (Lipinski definition) is 2. The second kappa shape index (κ2) is 6.18. The molecule has 1 aliphatic rings. The normalized spacial score (nSPS) is 22.2. The van der Waals surface area contributed by atoms with Crippen molar-refractivity contribution >= 4 is 5.78 Å². The Hall–Kier alpha value is -0.370. The van der Waals surface area contributed by atoms with E-state index in [2.05, 4.69) is 18.9 Å². The number of carbonyl (C=O) groups is 1. The van der Waals surface area contributed by atoms with Crippen LogP contribution in [0.25, 0.3) is 0 Å². The topological polar surface area (TPSA) is 20.3 Å². The minimum absolute atomic E-state index is 0.349. The third kappa shape index (κ3) is 3.79. The highest BCUT2D eigenvalue weighted by atomic mass is 16.1. The van der Waals surface area contributed by atoms with Gasteiger partial charge in [0.05, 0.1) is 0 Å². The van der Waals surface area contributed by atoms with Crippen LogP contribution in [0.4, 0.5) is 0 Å². The lowest BCUT2D eigenvalue weighted by Crippen LogP contribution is -2.28. The first kappa shape index (κ1) is 11.7. The van der Waals surface area contributed by atoms with Gasteiger partial charge in [0, 0.05) is 18.9 Å². The number of hydrogen-bond donors (Lipinski definition) is 0. The average molecular weight is 197 g/mol. The summed E-state index contributed by atoms with van der Waals surface area (Å²) < 4.78 is 0. The van der Waals surface area contributed by atoms with Gasteiger partial charge in [0.1, 0.15) is 5.78 Å². The van der Waals surface area contributed by atoms with Crippen LogP contribution in [-0.4, -0.2) is 30.8 Å². The minimum atomic E-state index is 0.349. The number of nitrogens with zero attached hydrogens (tertiary/aromatic N) is 1. The van der Waals surface area contributed by atoms with Gasteiger partial charge in [-0.15, -0.1) is 0 Å². The standard InChI is InChI=1S/C12H23NO/c1-3-4-5-9-13(2)10-11-7-6-8-12(11)14/h11H,3-10H2,1-2H3. The summed E-state index contributed by atoms with van der Waals surface area (Å²) in [5.41, 5.74) is 0. The summed E-state index contributed by atoms with van der Waals surface area (Å²) in [5.74, 6) is 0.842. The number of rotatable bonds is 6. The molecule has 2 nitrogen and oxygen atoms in total. The molecular weight excluding hydrogens is 174 g/mol. The van der Waals surface area contributed by atoms with Crippen molar-refractivity contribution in [2.24, 2.45) is 5.92 Å². The van der Waals surface area contributed by atoms with E-state index in [1.807, 2.05) is 0 Å². The van der Waals surface area contributed by atoms with Crippen LogP contribution >= 0.6 is 0 Å². The Morgan fingerprint density at radius 1 is 1.43 bits per heavy atom. The molecule has 1 atom stereocenters. The van der Waals surface area contributed by atoms with Gasteiger partial charge in [-0.25, -0.2) is 0 Å².